The molecule has 1 amide bonds. The molecule has 0 radical (unpaired) electrons. The molecule has 0 aromatic heterocycles. The highest BCUT2D eigenvalue weighted by atomic mass is 16.6. The Morgan fingerprint density at radius 3 is 2.26 bits per heavy atom. The molecule has 2 fully saturated rings. The second kappa shape index (κ2) is 7.01. The Morgan fingerprint density at radius 2 is 1.65 bits per heavy atom. The minimum atomic E-state index is -1.20. The molecule has 0 saturated heterocycles. The minimum Gasteiger partial charge on any atom is -0.325 e. The fourth-order valence-corrected chi connectivity index (χ4v) is 5.01. The van der Waals surface area contributed by atoms with Crippen molar-refractivity contribution in [3.63, 3.8) is 0 Å². The second-order valence-corrected chi connectivity index (χ2v) is 8.89. The number of hydrazone groups is 1. The topological polar surface area (TPSA) is 114 Å². The van der Waals surface area contributed by atoms with Crippen LogP contribution in [0.5, 0.6) is 0 Å². The highest BCUT2D eigenvalue weighted by Gasteiger charge is 2.76. The van der Waals surface area contributed by atoms with E-state index in [9.17, 15) is 19.7 Å². The standard InChI is InChI=1S/C23H24N4O4/c1-21(2)22(3)13-14-23(21,20(29)24-15-7-5-4-6-8-15)19(28)18(22)26-25-16-9-11-17(12-10-16)27(30)31/h4-12,25H,13-14H2,1-3H3,(H,24,29). The number of nitro groups is 1. The number of carbonyl (C=O) groups is 2. The first-order chi connectivity index (χ1) is 14.6. The summed E-state index contributed by atoms with van der Waals surface area (Å²) in [6.45, 7) is 5.89. The smallest absolute Gasteiger partial charge is 0.269 e. The molecule has 2 N–H and O–H groups in total. The molecule has 2 unspecified atom stereocenters. The Bertz CT molecular complexity index is 1090. The first kappa shape index (κ1) is 20.7. The van der Waals surface area contributed by atoms with Crippen molar-refractivity contribution in [1.29, 1.82) is 0 Å². The number of rotatable bonds is 5. The number of hydrogen-bond acceptors (Lipinski definition) is 6. The van der Waals surface area contributed by atoms with Crippen molar-refractivity contribution in [1.82, 2.24) is 0 Å². The zero-order chi connectivity index (χ0) is 22.4. The Morgan fingerprint density at radius 1 is 1.00 bits per heavy atom. The van der Waals surface area contributed by atoms with Gasteiger partial charge in [0.1, 0.15) is 11.1 Å². The number of fused-ring (bicyclic) bond motifs is 2. The van der Waals surface area contributed by atoms with Crippen LogP contribution in [0.25, 0.3) is 0 Å². The molecule has 0 heterocycles. The first-order valence-corrected chi connectivity index (χ1v) is 10.1. The molecule has 2 aromatic rings. The van der Waals surface area contributed by atoms with E-state index in [2.05, 4.69) is 15.8 Å². The van der Waals surface area contributed by atoms with Crippen molar-refractivity contribution < 1.29 is 14.5 Å². The number of ketones is 1. The molecular weight excluding hydrogens is 396 g/mol. The first-order valence-electron chi connectivity index (χ1n) is 10.1. The highest BCUT2D eigenvalue weighted by Crippen LogP contribution is 2.69. The van der Waals surface area contributed by atoms with Crippen molar-refractivity contribution in [2.45, 2.75) is 33.6 Å². The van der Waals surface area contributed by atoms with Crippen molar-refractivity contribution in [3.8, 4) is 0 Å². The molecule has 160 valence electrons. The summed E-state index contributed by atoms with van der Waals surface area (Å²) in [6, 6.07) is 14.9. The third-order valence-electron chi connectivity index (χ3n) is 7.37. The lowest BCUT2D eigenvalue weighted by Crippen LogP contribution is -2.47. The monoisotopic (exact) mass is 420 g/mol. The molecule has 8 heteroatoms. The maximum absolute atomic E-state index is 13.6. The highest BCUT2D eigenvalue weighted by molar-refractivity contribution is 6.51. The normalized spacial score (nSPS) is 27.3. The predicted octanol–water partition coefficient (Wildman–Crippen LogP) is 4.40. The molecule has 8 nitrogen and oxygen atoms in total. The lowest BCUT2D eigenvalue weighted by atomic mass is 9.64. The molecule has 4 rings (SSSR count). The van der Waals surface area contributed by atoms with Gasteiger partial charge in [-0.15, -0.1) is 0 Å². The molecule has 2 saturated carbocycles. The van der Waals surface area contributed by atoms with Crippen LogP contribution in [-0.4, -0.2) is 22.3 Å². The van der Waals surface area contributed by atoms with Crippen LogP contribution in [0, 0.1) is 26.4 Å². The van der Waals surface area contributed by atoms with E-state index in [1.165, 1.54) is 24.3 Å². The largest absolute Gasteiger partial charge is 0.325 e. The third kappa shape index (κ3) is 2.85. The van der Waals surface area contributed by atoms with Gasteiger partial charge in [-0.05, 0) is 42.5 Å². The van der Waals surface area contributed by atoms with E-state index in [1.54, 1.807) is 12.1 Å². The SMILES string of the molecule is CC12CCC(C(=O)Nc3ccccc3)(C(=O)C1=NNc1ccc([N+](=O)[O-])cc1)C2(C)C. The summed E-state index contributed by atoms with van der Waals surface area (Å²) < 4.78 is 0. The quantitative estimate of drug-likeness (QED) is 0.423. The van der Waals surface area contributed by atoms with E-state index >= 15 is 0 Å². The summed E-state index contributed by atoms with van der Waals surface area (Å²) in [5, 5.41) is 18.1. The van der Waals surface area contributed by atoms with Crippen LogP contribution in [0.2, 0.25) is 0 Å². The summed E-state index contributed by atoms with van der Waals surface area (Å²) in [5.41, 5.74) is 1.92. The van der Waals surface area contributed by atoms with Crippen LogP contribution < -0.4 is 10.7 Å². The van der Waals surface area contributed by atoms with Crippen LogP contribution in [0.4, 0.5) is 17.1 Å². The van der Waals surface area contributed by atoms with Crippen LogP contribution in [-0.2, 0) is 9.59 Å². The molecule has 2 bridgehead atoms. The van der Waals surface area contributed by atoms with Gasteiger partial charge in [0.2, 0.25) is 5.91 Å². The number of non-ortho nitro benzene ring substituents is 1. The number of nitro benzene ring substituents is 1. The maximum Gasteiger partial charge on any atom is 0.269 e. The van der Waals surface area contributed by atoms with E-state index in [4.69, 9.17) is 0 Å². The van der Waals surface area contributed by atoms with Gasteiger partial charge in [0.15, 0.2) is 5.78 Å². The molecule has 2 aromatic carbocycles. The van der Waals surface area contributed by atoms with Gasteiger partial charge in [-0.2, -0.15) is 5.10 Å². The lowest BCUT2D eigenvalue weighted by Gasteiger charge is -2.37. The molecule has 31 heavy (non-hydrogen) atoms. The number of carbonyl (C=O) groups excluding carboxylic acids is 2. The fourth-order valence-electron chi connectivity index (χ4n) is 5.01. The van der Waals surface area contributed by atoms with E-state index < -0.39 is 21.2 Å². The average Bonchev–Trinajstić information content (AvgIpc) is 3.02. The maximum atomic E-state index is 13.6. The van der Waals surface area contributed by atoms with Gasteiger partial charge >= 0.3 is 0 Å². The average molecular weight is 420 g/mol. The van der Waals surface area contributed by atoms with Crippen molar-refractivity contribution in [2.75, 3.05) is 10.7 Å². The molecule has 2 atom stereocenters. The van der Waals surface area contributed by atoms with Crippen molar-refractivity contribution >= 4 is 34.5 Å². The van der Waals surface area contributed by atoms with E-state index in [1.807, 2.05) is 39.0 Å². The lowest BCUT2D eigenvalue weighted by molar-refractivity contribution is -0.384. The number of amides is 1. The van der Waals surface area contributed by atoms with E-state index in [0.717, 1.165) is 0 Å². The molecule has 2 aliphatic carbocycles. The van der Waals surface area contributed by atoms with Gasteiger partial charge in [0.05, 0.1) is 10.6 Å². The number of nitrogens with zero attached hydrogens (tertiary/aromatic N) is 2. The fraction of sp³-hybridized carbons (Fsp3) is 0.348. The zero-order valence-corrected chi connectivity index (χ0v) is 17.6. The third-order valence-corrected chi connectivity index (χ3v) is 7.37. The van der Waals surface area contributed by atoms with Crippen LogP contribution >= 0.6 is 0 Å². The predicted molar refractivity (Wildman–Crippen MR) is 118 cm³/mol. The summed E-state index contributed by atoms with van der Waals surface area (Å²) >= 11 is 0. The Hall–Kier alpha value is -3.55. The summed E-state index contributed by atoms with van der Waals surface area (Å²) in [6.07, 6.45) is 1.12. The number of anilines is 2. The Balaban J connectivity index is 1.65. The molecule has 2 aliphatic rings. The Kier molecular flexibility index (Phi) is 4.68. The second-order valence-electron chi connectivity index (χ2n) is 8.89. The van der Waals surface area contributed by atoms with Crippen LogP contribution in [0.15, 0.2) is 59.7 Å². The minimum absolute atomic E-state index is 0.0289. The van der Waals surface area contributed by atoms with Gasteiger partial charge in [0.25, 0.3) is 5.69 Å². The van der Waals surface area contributed by atoms with Gasteiger partial charge in [-0.25, -0.2) is 0 Å². The number of para-hydroxylation sites is 1. The summed E-state index contributed by atoms with van der Waals surface area (Å²) in [4.78, 5) is 37.3. The molecular formula is C23H24N4O4. The Labute approximate surface area is 179 Å². The zero-order valence-electron chi connectivity index (χ0n) is 17.6. The number of nitrogens with one attached hydrogen (secondary N) is 2. The van der Waals surface area contributed by atoms with Crippen LogP contribution in [0.3, 0.4) is 0 Å². The van der Waals surface area contributed by atoms with Crippen LogP contribution in [0.1, 0.15) is 33.6 Å². The van der Waals surface area contributed by atoms with Gasteiger partial charge in [0, 0.05) is 23.2 Å². The van der Waals surface area contributed by atoms with Gasteiger partial charge < -0.3 is 5.32 Å². The van der Waals surface area contributed by atoms with Crippen molar-refractivity contribution in [2.24, 2.45) is 21.3 Å². The summed E-state index contributed by atoms with van der Waals surface area (Å²) in [7, 11) is 0. The number of benzene rings is 2. The number of Topliss-reactive ketones (excluding diaryl/α,β-unsaturated/α-hetero) is 1. The molecule has 0 spiro atoms. The van der Waals surface area contributed by atoms with Gasteiger partial charge in [-0.3, -0.25) is 25.1 Å². The molecule has 0 aliphatic heterocycles. The van der Waals surface area contributed by atoms with E-state index in [-0.39, 0.29) is 17.4 Å². The summed E-state index contributed by atoms with van der Waals surface area (Å²) in [5.74, 6) is -0.577. The number of hydrogen-bond donors (Lipinski definition) is 2. The van der Waals surface area contributed by atoms with Gasteiger partial charge in [-0.1, -0.05) is 39.0 Å². The van der Waals surface area contributed by atoms with Crippen molar-refractivity contribution in [3.05, 3.63) is 64.7 Å². The van der Waals surface area contributed by atoms with E-state index in [0.29, 0.717) is 29.9 Å².